The first-order chi connectivity index (χ1) is 16.4. The molecule has 0 saturated carbocycles. The highest BCUT2D eigenvalue weighted by atomic mass is 16.7. The Hall–Kier alpha value is -4.33. The lowest BCUT2D eigenvalue weighted by molar-refractivity contribution is -0.132. The Morgan fingerprint density at radius 2 is 1.82 bits per heavy atom. The van der Waals surface area contributed by atoms with Gasteiger partial charge in [-0.1, -0.05) is 12.1 Å². The zero-order chi connectivity index (χ0) is 23.8. The van der Waals surface area contributed by atoms with Gasteiger partial charge in [-0.25, -0.2) is 4.98 Å². The molecule has 0 bridgehead atoms. The van der Waals surface area contributed by atoms with Crippen LogP contribution in [0.25, 0.3) is 5.76 Å². The van der Waals surface area contributed by atoms with Crippen molar-refractivity contribution in [1.82, 2.24) is 4.98 Å². The summed E-state index contributed by atoms with van der Waals surface area (Å²) in [6, 6.07) is 16.1. The third kappa shape index (κ3) is 3.73. The molecule has 3 aromatic rings. The monoisotopic (exact) mass is 458 g/mol. The molecule has 1 atom stereocenters. The summed E-state index contributed by atoms with van der Waals surface area (Å²) in [5, 5.41) is 11.2. The van der Waals surface area contributed by atoms with Crippen LogP contribution in [0.2, 0.25) is 0 Å². The zero-order valence-electron chi connectivity index (χ0n) is 18.6. The molecule has 0 aliphatic carbocycles. The van der Waals surface area contributed by atoms with Crippen LogP contribution in [-0.2, 0) is 9.59 Å². The Morgan fingerprint density at radius 3 is 2.53 bits per heavy atom. The van der Waals surface area contributed by atoms with Crippen molar-refractivity contribution in [1.29, 1.82) is 0 Å². The average Bonchev–Trinajstić information content (AvgIpc) is 3.41. The fraction of sp³-hybridized carbons (Fsp3) is 0.192. The first-order valence-electron chi connectivity index (χ1n) is 10.8. The smallest absolute Gasteiger partial charge is 0.301 e. The number of rotatable bonds is 5. The quantitative estimate of drug-likeness (QED) is 0.347. The van der Waals surface area contributed by atoms with Crippen LogP contribution in [0.4, 0.5) is 5.82 Å². The third-order valence-electron chi connectivity index (χ3n) is 5.55. The van der Waals surface area contributed by atoms with Gasteiger partial charge in [-0.05, 0) is 67.9 Å². The molecule has 1 aromatic heterocycles. The van der Waals surface area contributed by atoms with E-state index < -0.39 is 17.7 Å². The maximum absolute atomic E-state index is 13.2. The van der Waals surface area contributed by atoms with Gasteiger partial charge in [-0.15, -0.1) is 0 Å². The van der Waals surface area contributed by atoms with E-state index in [0.29, 0.717) is 34.2 Å². The number of pyridine rings is 1. The number of amides is 1. The lowest BCUT2D eigenvalue weighted by Gasteiger charge is -2.24. The molecule has 2 aliphatic heterocycles. The Morgan fingerprint density at radius 1 is 1.06 bits per heavy atom. The fourth-order valence-electron chi connectivity index (χ4n) is 4.08. The van der Waals surface area contributed by atoms with Crippen LogP contribution in [0.3, 0.4) is 0 Å². The summed E-state index contributed by atoms with van der Waals surface area (Å²) in [5.74, 6) is 0.143. The van der Waals surface area contributed by atoms with Gasteiger partial charge in [0.15, 0.2) is 11.5 Å². The highest BCUT2D eigenvalue weighted by Crippen LogP contribution is 2.44. The lowest BCUT2D eigenvalue weighted by atomic mass is 9.95. The van der Waals surface area contributed by atoms with Gasteiger partial charge >= 0.3 is 5.91 Å². The second-order valence-electron chi connectivity index (χ2n) is 8.16. The highest BCUT2D eigenvalue weighted by molar-refractivity contribution is 6.51. The number of aromatic nitrogens is 1. The number of ether oxygens (including phenoxy) is 3. The number of benzene rings is 2. The van der Waals surface area contributed by atoms with Crippen molar-refractivity contribution in [2.24, 2.45) is 0 Å². The molecular formula is C26H22N2O6. The molecule has 1 fully saturated rings. The number of carbonyl (C=O) groups excluding carboxylic acids is 2. The molecule has 34 heavy (non-hydrogen) atoms. The van der Waals surface area contributed by atoms with E-state index >= 15 is 0 Å². The maximum atomic E-state index is 13.2. The van der Waals surface area contributed by atoms with Crippen LogP contribution in [0.1, 0.15) is 31.0 Å². The van der Waals surface area contributed by atoms with Crippen LogP contribution in [0.5, 0.6) is 17.2 Å². The zero-order valence-corrected chi connectivity index (χ0v) is 18.6. The van der Waals surface area contributed by atoms with Crippen molar-refractivity contribution >= 4 is 23.3 Å². The molecular weight excluding hydrogens is 436 g/mol. The summed E-state index contributed by atoms with van der Waals surface area (Å²) in [6.45, 7) is 3.92. The van der Waals surface area contributed by atoms with E-state index in [9.17, 15) is 14.7 Å². The minimum atomic E-state index is -0.906. The van der Waals surface area contributed by atoms with Crippen molar-refractivity contribution in [3.05, 3.63) is 83.6 Å². The van der Waals surface area contributed by atoms with Crippen molar-refractivity contribution in [3.63, 3.8) is 0 Å². The summed E-state index contributed by atoms with van der Waals surface area (Å²) >= 11 is 0. The number of nitrogens with zero attached hydrogens (tertiary/aromatic N) is 2. The Bertz CT molecular complexity index is 1280. The van der Waals surface area contributed by atoms with Crippen molar-refractivity contribution in [2.75, 3.05) is 11.7 Å². The molecule has 1 amide bonds. The molecule has 2 aromatic carbocycles. The standard InChI is InChI=1S/C26H22N2O6/c1-15(2)34-18-9-6-16(7-10-18)24(29)22-23(17-8-11-19-20(13-17)33-14-32-19)28(26(31)25(22)30)21-5-3-4-12-27-21/h3-13,15,23,29H,14H2,1-2H3/b24-22+. The van der Waals surface area contributed by atoms with E-state index in [-0.39, 0.29) is 24.2 Å². The minimum Gasteiger partial charge on any atom is -0.507 e. The molecule has 5 rings (SSSR count). The largest absolute Gasteiger partial charge is 0.507 e. The van der Waals surface area contributed by atoms with Gasteiger partial charge in [0.1, 0.15) is 17.3 Å². The number of anilines is 1. The lowest BCUT2D eigenvalue weighted by Crippen LogP contribution is -2.30. The molecule has 1 unspecified atom stereocenters. The van der Waals surface area contributed by atoms with Gasteiger partial charge in [-0.2, -0.15) is 0 Å². The Kier molecular flexibility index (Phi) is 5.41. The van der Waals surface area contributed by atoms with Crippen LogP contribution in [0.15, 0.2) is 72.4 Å². The first kappa shape index (κ1) is 21.5. The van der Waals surface area contributed by atoms with Gasteiger partial charge in [0.2, 0.25) is 6.79 Å². The second-order valence-corrected chi connectivity index (χ2v) is 8.16. The molecule has 172 valence electrons. The number of hydrogen-bond donors (Lipinski definition) is 1. The predicted octanol–water partition coefficient (Wildman–Crippen LogP) is 4.22. The number of fused-ring (bicyclic) bond motifs is 1. The molecule has 0 spiro atoms. The van der Waals surface area contributed by atoms with Gasteiger partial charge in [0.05, 0.1) is 17.7 Å². The average molecular weight is 458 g/mol. The summed E-state index contributed by atoms with van der Waals surface area (Å²) in [6.07, 6.45) is 1.54. The predicted molar refractivity (Wildman–Crippen MR) is 124 cm³/mol. The number of Topliss-reactive ketones (excluding diaryl/α,β-unsaturated/α-hetero) is 1. The SMILES string of the molecule is CC(C)Oc1ccc(/C(O)=C2\C(=O)C(=O)N(c3ccccn3)C2c2ccc3c(c2)OCO3)cc1. The van der Waals surface area contributed by atoms with Crippen molar-refractivity contribution in [3.8, 4) is 17.2 Å². The molecule has 0 radical (unpaired) electrons. The number of aliphatic hydroxyl groups is 1. The summed E-state index contributed by atoms with van der Waals surface area (Å²) < 4.78 is 16.6. The second kappa shape index (κ2) is 8.55. The Labute approximate surface area is 196 Å². The van der Waals surface area contributed by atoms with E-state index in [1.54, 1.807) is 66.9 Å². The fourth-order valence-corrected chi connectivity index (χ4v) is 4.08. The van der Waals surface area contributed by atoms with E-state index in [1.165, 1.54) is 4.90 Å². The van der Waals surface area contributed by atoms with Crippen LogP contribution < -0.4 is 19.1 Å². The summed E-state index contributed by atoms with van der Waals surface area (Å²) in [7, 11) is 0. The normalized spacial score (nSPS) is 18.6. The first-order valence-corrected chi connectivity index (χ1v) is 10.8. The summed E-state index contributed by atoms with van der Waals surface area (Å²) in [5.41, 5.74) is 0.934. The van der Waals surface area contributed by atoms with Gasteiger partial charge in [-0.3, -0.25) is 14.5 Å². The van der Waals surface area contributed by atoms with E-state index in [0.717, 1.165) is 0 Å². The number of aliphatic hydroxyl groups excluding tert-OH is 1. The van der Waals surface area contributed by atoms with E-state index in [1.807, 2.05) is 13.8 Å². The topological polar surface area (TPSA) is 98.2 Å². The number of hydrogen-bond acceptors (Lipinski definition) is 7. The Balaban J connectivity index is 1.65. The van der Waals surface area contributed by atoms with E-state index in [4.69, 9.17) is 14.2 Å². The maximum Gasteiger partial charge on any atom is 0.301 e. The van der Waals surface area contributed by atoms with Crippen LogP contribution in [-0.4, -0.2) is 34.7 Å². The third-order valence-corrected chi connectivity index (χ3v) is 5.55. The van der Waals surface area contributed by atoms with Crippen LogP contribution >= 0.6 is 0 Å². The van der Waals surface area contributed by atoms with Gasteiger partial charge < -0.3 is 19.3 Å². The molecule has 1 saturated heterocycles. The highest BCUT2D eigenvalue weighted by Gasteiger charge is 2.47. The van der Waals surface area contributed by atoms with Crippen LogP contribution in [0, 0.1) is 0 Å². The molecule has 3 heterocycles. The molecule has 2 aliphatic rings. The molecule has 8 nitrogen and oxygen atoms in total. The minimum absolute atomic E-state index is 0.00542. The van der Waals surface area contributed by atoms with Gasteiger partial charge in [0, 0.05) is 11.8 Å². The number of ketones is 1. The summed E-state index contributed by atoms with van der Waals surface area (Å²) in [4.78, 5) is 31.9. The number of carbonyl (C=O) groups is 2. The van der Waals surface area contributed by atoms with Gasteiger partial charge in [0.25, 0.3) is 5.78 Å². The van der Waals surface area contributed by atoms with Crippen molar-refractivity contribution in [2.45, 2.75) is 26.0 Å². The molecule has 8 heteroatoms. The molecule has 1 N–H and O–H groups in total. The van der Waals surface area contributed by atoms with E-state index in [2.05, 4.69) is 4.98 Å². The van der Waals surface area contributed by atoms with Crippen molar-refractivity contribution < 1.29 is 28.9 Å².